The lowest BCUT2D eigenvalue weighted by molar-refractivity contribution is -0.120. The number of ether oxygens (including phenoxy) is 1. The lowest BCUT2D eigenvalue weighted by Crippen LogP contribution is -2.52. The van der Waals surface area contributed by atoms with Crippen molar-refractivity contribution in [1.29, 1.82) is 0 Å². The van der Waals surface area contributed by atoms with E-state index in [1.165, 1.54) is 12.5 Å². The van der Waals surface area contributed by atoms with Gasteiger partial charge in [0.25, 0.3) is 0 Å². The third kappa shape index (κ3) is 4.86. The van der Waals surface area contributed by atoms with Crippen molar-refractivity contribution in [2.75, 3.05) is 44.3 Å². The van der Waals surface area contributed by atoms with Crippen molar-refractivity contribution in [2.45, 2.75) is 39.0 Å². The monoisotopic (exact) mass is 398 g/mol. The largest absolute Gasteiger partial charge is 0.392 e. The van der Waals surface area contributed by atoms with E-state index in [1.807, 2.05) is 0 Å². The summed E-state index contributed by atoms with van der Waals surface area (Å²) < 4.78 is 5.53. The molecule has 1 aromatic carbocycles. The second kappa shape index (κ2) is 8.65. The van der Waals surface area contributed by atoms with Crippen LogP contribution in [0, 0.1) is 6.92 Å². The second-order valence-electron chi connectivity index (χ2n) is 8.25. The third-order valence-electron chi connectivity index (χ3n) is 5.65. The average molecular weight is 399 g/mol. The van der Waals surface area contributed by atoms with Gasteiger partial charge in [-0.25, -0.2) is 4.98 Å². The van der Waals surface area contributed by atoms with Crippen LogP contribution in [0.5, 0.6) is 0 Å². The molecule has 2 aromatic rings. The van der Waals surface area contributed by atoms with Gasteiger partial charge >= 0.3 is 0 Å². The number of rotatable bonds is 4. The number of anilines is 1. The summed E-state index contributed by atoms with van der Waals surface area (Å²) in [4.78, 5) is 21.0. The molecule has 2 saturated heterocycles. The number of aliphatic hydroxyl groups is 1. The van der Waals surface area contributed by atoms with Crippen molar-refractivity contribution in [3.05, 3.63) is 35.4 Å². The van der Waals surface area contributed by atoms with Gasteiger partial charge in [-0.05, 0) is 31.0 Å². The highest BCUT2D eigenvalue weighted by molar-refractivity contribution is 5.82. The highest BCUT2D eigenvalue weighted by Gasteiger charge is 2.28. The number of aliphatic hydroxyl groups excluding tert-OH is 1. The second-order valence-corrected chi connectivity index (χ2v) is 8.25. The molecule has 2 aliphatic heterocycles. The van der Waals surface area contributed by atoms with Gasteiger partial charge in [-0.1, -0.05) is 12.1 Å². The number of likely N-dealkylation sites (tertiary alicyclic amines) is 1. The number of nitrogens with zero attached hydrogens (tertiary/aromatic N) is 3. The standard InChI is InChI=1S/C22H30N4O3/c1-15-3-4-17-10-18(12-25-13-19(23-16(2)27)11-20(28)14-25)22(24-21(17)9-15)26-5-7-29-8-6-26/h3-4,9-10,19-20,28H,5-8,11-14H2,1-2H3,(H,23,27)/t19-,20+/m0/s1. The minimum absolute atomic E-state index is 0.0286. The first-order valence-corrected chi connectivity index (χ1v) is 10.4. The van der Waals surface area contributed by atoms with Gasteiger partial charge < -0.3 is 20.1 Å². The number of aryl methyl sites for hydroxylation is 1. The van der Waals surface area contributed by atoms with Crippen LogP contribution in [0.15, 0.2) is 24.3 Å². The maximum Gasteiger partial charge on any atom is 0.217 e. The van der Waals surface area contributed by atoms with E-state index < -0.39 is 6.10 Å². The van der Waals surface area contributed by atoms with Crippen LogP contribution in [-0.2, 0) is 16.1 Å². The van der Waals surface area contributed by atoms with E-state index in [4.69, 9.17) is 9.72 Å². The summed E-state index contributed by atoms with van der Waals surface area (Å²) in [5.74, 6) is 0.948. The number of carbonyl (C=O) groups is 1. The van der Waals surface area contributed by atoms with Crippen LogP contribution in [0.25, 0.3) is 10.9 Å². The summed E-state index contributed by atoms with van der Waals surface area (Å²) in [6, 6.07) is 8.55. The van der Waals surface area contributed by atoms with E-state index in [1.54, 1.807) is 0 Å². The number of hydrogen-bond acceptors (Lipinski definition) is 6. The third-order valence-corrected chi connectivity index (χ3v) is 5.65. The van der Waals surface area contributed by atoms with Gasteiger partial charge in [0.15, 0.2) is 0 Å². The first-order valence-electron chi connectivity index (χ1n) is 10.4. The zero-order valence-electron chi connectivity index (χ0n) is 17.2. The fraction of sp³-hybridized carbons (Fsp3) is 0.545. The molecule has 7 heteroatoms. The van der Waals surface area contributed by atoms with Crippen LogP contribution in [0.2, 0.25) is 0 Å². The number of fused-ring (bicyclic) bond motifs is 1. The number of carbonyl (C=O) groups excluding carboxylic acids is 1. The van der Waals surface area contributed by atoms with E-state index in [0.29, 0.717) is 32.7 Å². The summed E-state index contributed by atoms with van der Waals surface area (Å²) in [5.41, 5.74) is 3.35. The summed E-state index contributed by atoms with van der Waals surface area (Å²) in [5, 5.41) is 14.4. The van der Waals surface area contributed by atoms with E-state index in [2.05, 4.69) is 46.3 Å². The molecular weight excluding hydrogens is 368 g/mol. The minimum Gasteiger partial charge on any atom is -0.392 e. The summed E-state index contributed by atoms with van der Waals surface area (Å²) in [6.07, 6.45) is 0.158. The molecule has 2 aliphatic rings. The van der Waals surface area contributed by atoms with Crippen LogP contribution < -0.4 is 10.2 Å². The smallest absolute Gasteiger partial charge is 0.217 e. The van der Waals surface area contributed by atoms with Crippen molar-refractivity contribution < 1.29 is 14.6 Å². The highest BCUT2D eigenvalue weighted by atomic mass is 16.5. The number of benzene rings is 1. The number of hydrogen-bond donors (Lipinski definition) is 2. The summed E-state index contributed by atoms with van der Waals surface area (Å²) in [7, 11) is 0. The number of pyridine rings is 1. The van der Waals surface area contributed by atoms with Gasteiger partial charge in [0.1, 0.15) is 5.82 Å². The van der Waals surface area contributed by atoms with Crippen molar-refractivity contribution in [3.8, 4) is 0 Å². The predicted octanol–water partition coefficient (Wildman–Crippen LogP) is 1.45. The average Bonchev–Trinajstić information content (AvgIpc) is 2.67. The molecule has 29 heavy (non-hydrogen) atoms. The molecule has 0 unspecified atom stereocenters. The normalized spacial score (nSPS) is 23.3. The van der Waals surface area contributed by atoms with Gasteiger partial charge in [-0.15, -0.1) is 0 Å². The molecule has 0 saturated carbocycles. The molecule has 2 N–H and O–H groups in total. The molecule has 0 aliphatic carbocycles. The van der Waals surface area contributed by atoms with E-state index in [-0.39, 0.29) is 11.9 Å². The van der Waals surface area contributed by atoms with Gasteiger partial charge in [0.2, 0.25) is 5.91 Å². The van der Waals surface area contributed by atoms with Crippen LogP contribution in [0.4, 0.5) is 5.82 Å². The Morgan fingerprint density at radius 1 is 1.28 bits per heavy atom. The van der Waals surface area contributed by atoms with Crippen molar-refractivity contribution in [2.24, 2.45) is 0 Å². The molecule has 0 spiro atoms. The van der Waals surface area contributed by atoms with Crippen molar-refractivity contribution in [3.63, 3.8) is 0 Å². The maximum absolute atomic E-state index is 11.5. The molecule has 2 fully saturated rings. The number of piperidine rings is 1. The predicted molar refractivity (Wildman–Crippen MR) is 113 cm³/mol. The molecule has 1 amide bonds. The number of nitrogens with one attached hydrogen (secondary N) is 1. The summed E-state index contributed by atoms with van der Waals surface area (Å²) in [6.45, 7) is 8.70. The van der Waals surface area contributed by atoms with E-state index >= 15 is 0 Å². The first-order chi connectivity index (χ1) is 14.0. The van der Waals surface area contributed by atoms with Gasteiger partial charge in [0, 0.05) is 56.6 Å². The Kier molecular flexibility index (Phi) is 5.99. The fourth-order valence-electron chi connectivity index (χ4n) is 4.40. The van der Waals surface area contributed by atoms with E-state index in [9.17, 15) is 9.90 Å². The minimum atomic E-state index is -0.441. The fourth-order valence-corrected chi connectivity index (χ4v) is 4.40. The zero-order chi connectivity index (χ0) is 20.4. The number of β-amino-alcohol motifs (C(OH)–C–C–N with tert-alkyl or cyclic N) is 1. The summed E-state index contributed by atoms with van der Waals surface area (Å²) >= 11 is 0. The number of amides is 1. The molecule has 4 rings (SSSR count). The lowest BCUT2D eigenvalue weighted by Gasteiger charge is -2.37. The topological polar surface area (TPSA) is 77.9 Å². The molecule has 7 nitrogen and oxygen atoms in total. The molecule has 1 aromatic heterocycles. The van der Waals surface area contributed by atoms with Crippen molar-refractivity contribution >= 4 is 22.6 Å². The Labute approximate surface area is 171 Å². The molecule has 0 radical (unpaired) electrons. The Hall–Kier alpha value is -2.22. The van der Waals surface area contributed by atoms with Crippen molar-refractivity contribution in [1.82, 2.24) is 15.2 Å². The molecule has 3 heterocycles. The first kappa shape index (κ1) is 20.1. The van der Waals surface area contributed by atoms with Crippen LogP contribution in [-0.4, -0.2) is 72.4 Å². The Bertz CT molecular complexity index is 882. The van der Waals surface area contributed by atoms with Crippen LogP contribution in [0.1, 0.15) is 24.5 Å². The van der Waals surface area contributed by atoms with Gasteiger partial charge in [0.05, 0.1) is 24.8 Å². The molecular formula is C22H30N4O3. The maximum atomic E-state index is 11.5. The Balaban J connectivity index is 1.64. The Morgan fingerprint density at radius 3 is 2.83 bits per heavy atom. The number of morpholine rings is 1. The quantitative estimate of drug-likeness (QED) is 0.812. The molecule has 156 valence electrons. The number of aromatic nitrogens is 1. The van der Waals surface area contributed by atoms with Gasteiger partial charge in [-0.3, -0.25) is 9.69 Å². The van der Waals surface area contributed by atoms with Crippen LogP contribution >= 0.6 is 0 Å². The van der Waals surface area contributed by atoms with Crippen LogP contribution in [0.3, 0.4) is 0 Å². The molecule has 0 bridgehead atoms. The lowest BCUT2D eigenvalue weighted by atomic mass is 10.0. The van der Waals surface area contributed by atoms with Gasteiger partial charge in [-0.2, -0.15) is 0 Å². The van der Waals surface area contributed by atoms with E-state index in [0.717, 1.165) is 41.9 Å². The molecule has 2 atom stereocenters. The SMILES string of the molecule is CC(=O)N[C@H]1C[C@@H](O)CN(Cc2cc3ccc(C)cc3nc2N2CCOCC2)C1. The Morgan fingerprint density at radius 2 is 2.07 bits per heavy atom. The highest BCUT2D eigenvalue weighted by Crippen LogP contribution is 2.27. The zero-order valence-corrected chi connectivity index (χ0v) is 17.2.